The van der Waals surface area contributed by atoms with Crippen molar-refractivity contribution in [3.63, 3.8) is 0 Å². The minimum Gasteiger partial charge on any atom is -0.392 e. The number of hydrogen-bond acceptors (Lipinski definition) is 2. The molecule has 0 bridgehead atoms. The molecular formula is C18H28O2. The Morgan fingerprint density at radius 2 is 1.80 bits per heavy atom. The van der Waals surface area contributed by atoms with Crippen LogP contribution in [0.25, 0.3) is 0 Å². The van der Waals surface area contributed by atoms with Gasteiger partial charge in [-0.1, -0.05) is 38.0 Å². The Kier molecular flexibility index (Phi) is 4.38. The van der Waals surface area contributed by atoms with Gasteiger partial charge in [-0.2, -0.15) is 0 Å². The lowest BCUT2D eigenvalue weighted by molar-refractivity contribution is -0.0561. The number of aliphatic hydroxyl groups is 2. The Balaban J connectivity index is 1.64. The van der Waals surface area contributed by atoms with Crippen molar-refractivity contribution in [3.8, 4) is 11.8 Å². The molecule has 0 radical (unpaired) electrons. The molecule has 2 heteroatoms. The van der Waals surface area contributed by atoms with Gasteiger partial charge in [-0.25, -0.2) is 0 Å². The number of rotatable bonds is 1. The second-order valence-electron chi connectivity index (χ2n) is 7.35. The molecule has 3 aliphatic rings. The van der Waals surface area contributed by atoms with Crippen LogP contribution in [0.4, 0.5) is 0 Å². The summed E-state index contributed by atoms with van der Waals surface area (Å²) in [7, 11) is 0. The highest BCUT2D eigenvalue weighted by molar-refractivity contribution is 5.16. The van der Waals surface area contributed by atoms with Gasteiger partial charge in [-0.15, -0.1) is 0 Å². The first kappa shape index (κ1) is 14.4. The molecule has 20 heavy (non-hydrogen) atoms. The van der Waals surface area contributed by atoms with Gasteiger partial charge < -0.3 is 10.2 Å². The second-order valence-corrected chi connectivity index (χ2v) is 7.35. The summed E-state index contributed by atoms with van der Waals surface area (Å²) in [4.78, 5) is 0. The average Bonchev–Trinajstić information content (AvgIpc) is 2.46. The zero-order valence-corrected chi connectivity index (χ0v) is 12.6. The quantitative estimate of drug-likeness (QED) is 0.723. The number of hydrogen-bond donors (Lipinski definition) is 2. The molecular weight excluding hydrogens is 248 g/mol. The van der Waals surface area contributed by atoms with Crippen LogP contribution >= 0.6 is 0 Å². The highest BCUT2D eigenvalue weighted by Crippen LogP contribution is 2.51. The molecule has 0 aliphatic heterocycles. The highest BCUT2D eigenvalue weighted by atomic mass is 16.3. The Hall–Kier alpha value is -0.520. The van der Waals surface area contributed by atoms with Gasteiger partial charge in [0.1, 0.15) is 6.10 Å². The van der Waals surface area contributed by atoms with E-state index >= 15 is 0 Å². The summed E-state index contributed by atoms with van der Waals surface area (Å²) in [5.41, 5.74) is 0. The SMILES string of the molecule is CC1C[C@@H]2CC[C@H](O)[C@@H](C#C[C@@H](O)C3CCCCC3)[C@H]12. The molecule has 112 valence electrons. The Bertz CT molecular complexity index is 388. The fourth-order valence-corrected chi connectivity index (χ4v) is 4.78. The molecule has 3 saturated carbocycles. The van der Waals surface area contributed by atoms with E-state index in [0.29, 0.717) is 17.8 Å². The first-order valence-corrected chi connectivity index (χ1v) is 8.54. The fraction of sp³-hybridized carbons (Fsp3) is 0.889. The molecule has 0 aromatic heterocycles. The van der Waals surface area contributed by atoms with Crippen molar-refractivity contribution in [2.24, 2.45) is 29.6 Å². The van der Waals surface area contributed by atoms with E-state index in [1.165, 1.54) is 32.1 Å². The van der Waals surface area contributed by atoms with Crippen molar-refractivity contribution in [3.05, 3.63) is 0 Å². The fourth-order valence-electron chi connectivity index (χ4n) is 4.78. The summed E-state index contributed by atoms with van der Waals surface area (Å²) in [6.07, 6.45) is 8.63. The van der Waals surface area contributed by atoms with Crippen LogP contribution in [0.5, 0.6) is 0 Å². The number of aliphatic hydroxyl groups excluding tert-OH is 2. The molecule has 0 saturated heterocycles. The molecule has 0 amide bonds. The summed E-state index contributed by atoms with van der Waals surface area (Å²) >= 11 is 0. The smallest absolute Gasteiger partial charge is 0.117 e. The molecule has 3 aliphatic carbocycles. The topological polar surface area (TPSA) is 40.5 Å². The third-order valence-corrected chi connectivity index (χ3v) is 6.03. The molecule has 0 aromatic carbocycles. The van der Waals surface area contributed by atoms with Gasteiger partial charge in [-0.05, 0) is 55.8 Å². The molecule has 0 spiro atoms. The van der Waals surface area contributed by atoms with Crippen molar-refractivity contribution in [2.45, 2.75) is 70.5 Å². The van der Waals surface area contributed by atoms with Crippen molar-refractivity contribution in [1.82, 2.24) is 0 Å². The van der Waals surface area contributed by atoms with E-state index in [9.17, 15) is 10.2 Å². The number of fused-ring (bicyclic) bond motifs is 1. The molecule has 0 aromatic rings. The van der Waals surface area contributed by atoms with Gasteiger partial charge >= 0.3 is 0 Å². The van der Waals surface area contributed by atoms with Crippen molar-refractivity contribution < 1.29 is 10.2 Å². The summed E-state index contributed by atoms with van der Waals surface area (Å²) in [5, 5.41) is 20.5. The summed E-state index contributed by atoms with van der Waals surface area (Å²) in [5.74, 6) is 8.90. The molecule has 1 unspecified atom stereocenters. The zero-order chi connectivity index (χ0) is 14.1. The van der Waals surface area contributed by atoms with Gasteiger partial charge in [0.2, 0.25) is 0 Å². The Morgan fingerprint density at radius 3 is 2.50 bits per heavy atom. The zero-order valence-electron chi connectivity index (χ0n) is 12.6. The van der Waals surface area contributed by atoms with Crippen molar-refractivity contribution >= 4 is 0 Å². The van der Waals surface area contributed by atoms with Crippen LogP contribution < -0.4 is 0 Å². The van der Waals surface area contributed by atoms with Crippen LogP contribution in [-0.2, 0) is 0 Å². The van der Waals surface area contributed by atoms with Crippen molar-refractivity contribution in [1.29, 1.82) is 0 Å². The lowest BCUT2D eigenvalue weighted by atomic mass is 9.54. The lowest BCUT2D eigenvalue weighted by Crippen LogP contribution is -2.48. The molecule has 6 atom stereocenters. The average molecular weight is 276 g/mol. The third kappa shape index (κ3) is 2.76. The first-order chi connectivity index (χ1) is 9.66. The van der Waals surface area contributed by atoms with E-state index in [-0.39, 0.29) is 12.0 Å². The molecule has 3 fully saturated rings. The van der Waals surface area contributed by atoms with E-state index in [0.717, 1.165) is 25.2 Å². The second kappa shape index (κ2) is 6.08. The van der Waals surface area contributed by atoms with Crippen LogP contribution in [0.3, 0.4) is 0 Å². The van der Waals surface area contributed by atoms with Crippen molar-refractivity contribution in [2.75, 3.05) is 0 Å². The maximum atomic E-state index is 10.3. The molecule has 0 heterocycles. The molecule has 2 N–H and O–H groups in total. The van der Waals surface area contributed by atoms with E-state index in [1.54, 1.807) is 0 Å². The van der Waals surface area contributed by atoms with Crippen LogP contribution in [0.1, 0.15) is 58.3 Å². The van der Waals surface area contributed by atoms with E-state index in [2.05, 4.69) is 18.8 Å². The van der Waals surface area contributed by atoms with E-state index in [4.69, 9.17) is 0 Å². The van der Waals surface area contributed by atoms with Crippen LogP contribution in [0, 0.1) is 41.4 Å². The van der Waals surface area contributed by atoms with Gasteiger partial charge in [0.25, 0.3) is 0 Å². The largest absolute Gasteiger partial charge is 0.392 e. The standard InChI is InChI=1S/C18H28O2/c1-12-11-14-7-9-17(20)15(18(12)14)8-10-16(19)13-5-3-2-4-6-13/h12-20H,2-7,9,11H2,1H3/t12?,14-,15+,16+,17-,18+/m0/s1. The van der Waals surface area contributed by atoms with Gasteiger partial charge in [0.15, 0.2) is 0 Å². The van der Waals surface area contributed by atoms with Crippen LogP contribution in [0.2, 0.25) is 0 Å². The predicted molar refractivity (Wildman–Crippen MR) is 79.8 cm³/mol. The summed E-state index contributed by atoms with van der Waals surface area (Å²) in [6, 6.07) is 0. The first-order valence-electron chi connectivity index (χ1n) is 8.54. The van der Waals surface area contributed by atoms with E-state index in [1.807, 2.05) is 0 Å². The Labute approximate surface area is 123 Å². The van der Waals surface area contributed by atoms with Crippen LogP contribution in [-0.4, -0.2) is 22.4 Å². The van der Waals surface area contributed by atoms with Gasteiger partial charge in [0, 0.05) is 5.92 Å². The molecule has 3 rings (SSSR count). The summed E-state index contributed by atoms with van der Waals surface area (Å²) in [6.45, 7) is 2.28. The third-order valence-electron chi connectivity index (χ3n) is 6.03. The normalized spacial score (nSPS) is 42.9. The maximum Gasteiger partial charge on any atom is 0.117 e. The van der Waals surface area contributed by atoms with Gasteiger partial charge in [-0.3, -0.25) is 0 Å². The minimum atomic E-state index is -0.474. The van der Waals surface area contributed by atoms with Gasteiger partial charge in [0.05, 0.1) is 6.10 Å². The highest BCUT2D eigenvalue weighted by Gasteiger charge is 2.47. The maximum absolute atomic E-state index is 10.3. The van der Waals surface area contributed by atoms with Crippen LogP contribution in [0.15, 0.2) is 0 Å². The Morgan fingerprint density at radius 1 is 1.05 bits per heavy atom. The monoisotopic (exact) mass is 276 g/mol. The molecule has 2 nitrogen and oxygen atoms in total. The minimum absolute atomic E-state index is 0.107. The summed E-state index contributed by atoms with van der Waals surface area (Å²) < 4.78 is 0. The lowest BCUT2D eigenvalue weighted by Gasteiger charge is -2.51. The predicted octanol–water partition coefficient (Wildman–Crippen LogP) is 2.97. The van der Waals surface area contributed by atoms with E-state index < -0.39 is 6.10 Å².